The lowest BCUT2D eigenvalue weighted by molar-refractivity contribution is -0.118. The van der Waals surface area contributed by atoms with E-state index in [9.17, 15) is 4.79 Å². The molecule has 1 aromatic carbocycles. The second kappa shape index (κ2) is 5.19. The van der Waals surface area contributed by atoms with Crippen molar-refractivity contribution in [1.29, 1.82) is 0 Å². The molecule has 0 aromatic heterocycles. The largest absolute Gasteiger partial charge is 0.373 e. The summed E-state index contributed by atoms with van der Waals surface area (Å²) in [7, 11) is 7.95. The van der Waals surface area contributed by atoms with Gasteiger partial charge in [-0.1, -0.05) is 6.07 Å². The highest BCUT2D eigenvalue weighted by Gasteiger charge is 2.32. The van der Waals surface area contributed by atoms with E-state index in [4.69, 9.17) is 5.73 Å². The van der Waals surface area contributed by atoms with Crippen LogP contribution in [0.1, 0.15) is 11.6 Å². The average Bonchev–Trinajstić information content (AvgIpc) is 2.61. The monoisotopic (exact) mass is 262 g/mol. The van der Waals surface area contributed by atoms with Gasteiger partial charge in [0.2, 0.25) is 5.91 Å². The number of carbonyl (C=O) groups is 1. The van der Waals surface area contributed by atoms with Crippen molar-refractivity contribution in [3.05, 3.63) is 23.8 Å². The second-order valence-electron chi connectivity index (χ2n) is 5.34. The molecule has 0 aliphatic carbocycles. The van der Waals surface area contributed by atoms with E-state index < -0.39 is 6.04 Å². The number of likely N-dealkylation sites (N-methyl/N-ethyl adjacent to an activating group) is 3. The van der Waals surface area contributed by atoms with E-state index in [0.29, 0.717) is 0 Å². The number of fused-ring (bicyclic) bond motifs is 1. The Labute approximate surface area is 114 Å². The maximum absolute atomic E-state index is 11.8. The Morgan fingerprint density at radius 1 is 1.26 bits per heavy atom. The van der Waals surface area contributed by atoms with E-state index >= 15 is 0 Å². The van der Waals surface area contributed by atoms with Crippen molar-refractivity contribution in [2.45, 2.75) is 6.04 Å². The molecule has 1 atom stereocenters. The van der Waals surface area contributed by atoms with E-state index in [1.807, 2.05) is 18.2 Å². The van der Waals surface area contributed by atoms with Gasteiger partial charge in [-0.3, -0.25) is 4.79 Å². The summed E-state index contributed by atoms with van der Waals surface area (Å²) in [5, 5.41) is 0. The molecule has 0 saturated heterocycles. The van der Waals surface area contributed by atoms with Crippen LogP contribution in [0.3, 0.4) is 0 Å². The van der Waals surface area contributed by atoms with E-state index in [0.717, 1.165) is 30.0 Å². The Balaban J connectivity index is 2.20. The van der Waals surface area contributed by atoms with E-state index in [2.05, 4.69) is 30.9 Å². The number of benzene rings is 1. The van der Waals surface area contributed by atoms with Gasteiger partial charge in [0, 0.05) is 38.4 Å². The highest BCUT2D eigenvalue weighted by Crippen LogP contribution is 2.36. The fourth-order valence-corrected chi connectivity index (χ4v) is 2.26. The summed E-state index contributed by atoms with van der Waals surface area (Å²) in [6.07, 6.45) is 0. The van der Waals surface area contributed by atoms with Crippen LogP contribution in [-0.4, -0.2) is 52.1 Å². The molecule has 0 spiro atoms. The molecule has 2 N–H and O–H groups in total. The molecule has 1 aliphatic heterocycles. The molecule has 0 fully saturated rings. The van der Waals surface area contributed by atoms with Crippen molar-refractivity contribution in [2.24, 2.45) is 5.73 Å². The summed E-state index contributed by atoms with van der Waals surface area (Å²) < 4.78 is 0. The highest BCUT2D eigenvalue weighted by molar-refractivity contribution is 6.04. The summed E-state index contributed by atoms with van der Waals surface area (Å²) in [5.74, 6) is -0.0388. The number of amides is 1. The Bertz CT molecular complexity index is 486. The lowest BCUT2D eigenvalue weighted by atomic mass is 10.1. The summed E-state index contributed by atoms with van der Waals surface area (Å²) in [6, 6.07) is 5.51. The molecule has 1 amide bonds. The van der Waals surface area contributed by atoms with E-state index in [1.54, 1.807) is 11.9 Å². The maximum Gasteiger partial charge on any atom is 0.248 e. The van der Waals surface area contributed by atoms with Crippen LogP contribution < -0.4 is 15.5 Å². The number of carbonyl (C=O) groups excluding carboxylic acids is 1. The zero-order valence-corrected chi connectivity index (χ0v) is 12.1. The lowest BCUT2D eigenvalue weighted by Gasteiger charge is -2.22. The number of hydrogen-bond donors (Lipinski definition) is 1. The minimum absolute atomic E-state index is 0.0388. The third-order valence-corrected chi connectivity index (χ3v) is 3.63. The third-order valence-electron chi connectivity index (χ3n) is 3.63. The Hall–Kier alpha value is -1.59. The van der Waals surface area contributed by atoms with Crippen LogP contribution in [0, 0.1) is 0 Å². The normalized spacial score (nSPS) is 18.1. The van der Waals surface area contributed by atoms with Crippen LogP contribution in [0.4, 0.5) is 11.4 Å². The molecular weight excluding hydrogens is 240 g/mol. The predicted octanol–water partition coefficient (Wildman–Crippen LogP) is 0.661. The van der Waals surface area contributed by atoms with E-state index in [1.165, 1.54) is 0 Å². The van der Waals surface area contributed by atoms with Gasteiger partial charge in [-0.2, -0.15) is 0 Å². The molecule has 0 radical (unpaired) electrons. The molecule has 1 unspecified atom stereocenters. The molecule has 0 saturated carbocycles. The van der Waals surface area contributed by atoms with Gasteiger partial charge in [-0.25, -0.2) is 0 Å². The van der Waals surface area contributed by atoms with Crippen LogP contribution in [0.2, 0.25) is 0 Å². The van der Waals surface area contributed by atoms with E-state index in [-0.39, 0.29) is 5.91 Å². The molecule has 1 heterocycles. The summed E-state index contributed by atoms with van der Waals surface area (Å²) in [4.78, 5) is 17.8. The van der Waals surface area contributed by atoms with Gasteiger partial charge in [0.25, 0.3) is 0 Å². The first-order valence-corrected chi connectivity index (χ1v) is 6.44. The number of anilines is 2. The first-order valence-electron chi connectivity index (χ1n) is 6.44. The van der Waals surface area contributed by atoms with Gasteiger partial charge in [-0.15, -0.1) is 0 Å². The Kier molecular flexibility index (Phi) is 3.78. The molecule has 2 rings (SSSR count). The van der Waals surface area contributed by atoms with Gasteiger partial charge < -0.3 is 20.4 Å². The molecule has 1 aromatic rings. The molecule has 5 nitrogen and oxygen atoms in total. The molecule has 5 heteroatoms. The minimum atomic E-state index is -0.513. The van der Waals surface area contributed by atoms with Gasteiger partial charge in [0.15, 0.2) is 0 Å². The zero-order chi connectivity index (χ0) is 14.2. The molecule has 1 aliphatic rings. The number of hydrogen-bond acceptors (Lipinski definition) is 4. The van der Waals surface area contributed by atoms with Crippen molar-refractivity contribution in [3.8, 4) is 0 Å². The van der Waals surface area contributed by atoms with Crippen LogP contribution in [-0.2, 0) is 4.79 Å². The fraction of sp³-hybridized carbons (Fsp3) is 0.500. The Morgan fingerprint density at radius 2 is 1.95 bits per heavy atom. The van der Waals surface area contributed by atoms with Crippen LogP contribution >= 0.6 is 0 Å². The second-order valence-corrected chi connectivity index (χ2v) is 5.34. The van der Waals surface area contributed by atoms with Crippen molar-refractivity contribution >= 4 is 17.3 Å². The smallest absolute Gasteiger partial charge is 0.248 e. The quantitative estimate of drug-likeness (QED) is 0.866. The van der Waals surface area contributed by atoms with Crippen LogP contribution in [0.5, 0.6) is 0 Å². The molecule has 0 bridgehead atoms. The zero-order valence-electron chi connectivity index (χ0n) is 12.1. The molecular formula is C14H22N4O. The average molecular weight is 262 g/mol. The van der Waals surface area contributed by atoms with Crippen molar-refractivity contribution in [3.63, 3.8) is 0 Å². The number of nitrogens with two attached hydrogens (primary N) is 1. The standard InChI is InChI=1S/C14H22N4O/c1-16(2)7-8-17(3)10-5-6-11-12(9-10)18(4)14(19)13(11)15/h5-6,9,13H,7-8,15H2,1-4H3. The van der Waals surface area contributed by atoms with Crippen molar-refractivity contribution in [1.82, 2.24) is 4.90 Å². The molecule has 19 heavy (non-hydrogen) atoms. The minimum Gasteiger partial charge on any atom is -0.373 e. The summed E-state index contributed by atoms with van der Waals surface area (Å²) in [6.45, 7) is 1.93. The van der Waals surface area contributed by atoms with Gasteiger partial charge >= 0.3 is 0 Å². The topological polar surface area (TPSA) is 52.8 Å². The number of nitrogens with zero attached hydrogens (tertiary/aromatic N) is 3. The van der Waals surface area contributed by atoms with Crippen molar-refractivity contribution in [2.75, 3.05) is 51.1 Å². The van der Waals surface area contributed by atoms with Gasteiger partial charge in [0.1, 0.15) is 6.04 Å². The predicted molar refractivity (Wildman–Crippen MR) is 78.6 cm³/mol. The first-order chi connectivity index (χ1) is 8.91. The Morgan fingerprint density at radius 3 is 2.58 bits per heavy atom. The SMILES string of the molecule is CN(C)CCN(C)c1ccc2c(c1)N(C)C(=O)C2N. The van der Waals surface area contributed by atoms with Crippen LogP contribution in [0.25, 0.3) is 0 Å². The summed E-state index contributed by atoms with van der Waals surface area (Å²) in [5.41, 5.74) is 8.84. The van der Waals surface area contributed by atoms with Crippen LogP contribution in [0.15, 0.2) is 18.2 Å². The summed E-state index contributed by atoms with van der Waals surface area (Å²) >= 11 is 0. The molecule has 104 valence electrons. The van der Waals surface area contributed by atoms with Crippen molar-refractivity contribution < 1.29 is 4.79 Å². The highest BCUT2D eigenvalue weighted by atomic mass is 16.2. The third kappa shape index (κ3) is 2.57. The number of rotatable bonds is 4. The first kappa shape index (κ1) is 13.8. The van der Waals surface area contributed by atoms with Gasteiger partial charge in [-0.05, 0) is 26.2 Å². The van der Waals surface area contributed by atoms with Gasteiger partial charge in [0.05, 0.1) is 5.69 Å². The maximum atomic E-state index is 11.8. The lowest BCUT2D eigenvalue weighted by Crippen LogP contribution is -2.28. The fourth-order valence-electron chi connectivity index (χ4n) is 2.26.